The SMILES string of the molecule is CC.Cc1cc2c(cn1)CC(=O)N2. The third kappa shape index (κ3) is 2.05. The van der Waals surface area contributed by atoms with Crippen LogP contribution in [0.4, 0.5) is 5.69 Å². The van der Waals surface area contributed by atoms with Gasteiger partial charge in [-0.3, -0.25) is 9.78 Å². The molecular weight excluding hydrogens is 164 g/mol. The maximum absolute atomic E-state index is 10.9. The van der Waals surface area contributed by atoms with Crippen molar-refractivity contribution in [3.8, 4) is 0 Å². The molecule has 2 heterocycles. The van der Waals surface area contributed by atoms with E-state index in [2.05, 4.69) is 10.3 Å². The van der Waals surface area contributed by atoms with Crippen molar-refractivity contribution in [2.45, 2.75) is 27.2 Å². The zero-order valence-corrected chi connectivity index (χ0v) is 8.22. The molecule has 0 fully saturated rings. The highest BCUT2D eigenvalue weighted by Crippen LogP contribution is 2.21. The van der Waals surface area contributed by atoms with Gasteiger partial charge in [0.25, 0.3) is 0 Å². The number of aromatic nitrogens is 1. The fraction of sp³-hybridized carbons (Fsp3) is 0.400. The second kappa shape index (κ2) is 4.03. The number of carbonyl (C=O) groups excluding carboxylic acids is 1. The molecule has 1 N–H and O–H groups in total. The number of rotatable bonds is 0. The minimum absolute atomic E-state index is 0.0624. The predicted molar refractivity (Wildman–Crippen MR) is 52.7 cm³/mol. The number of nitrogens with one attached hydrogen (secondary N) is 1. The van der Waals surface area contributed by atoms with E-state index in [1.165, 1.54) is 0 Å². The monoisotopic (exact) mass is 178 g/mol. The molecule has 70 valence electrons. The number of fused-ring (bicyclic) bond motifs is 1. The molecule has 0 spiro atoms. The molecule has 1 aromatic heterocycles. The predicted octanol–water partition coefficient (Wildman–Crippen LogP) is 1.91. The van der Waals surface area contributed by atoms with Crippen molar-refractivity contribution < 1.29 is 4.79 Å². The van der Waals surface area contributed by atoms with Crippen LogP contribution in [0, 0.1) is 6.92 Å². The Morgan fingerprint density at radius 2 is 2.15 bits per heavy atom. The van der Waals surface area contributed by atoms with E-state index in [0.29, 0.717) is 6.42 Å². The lowest BCUT2D eigenvalue weighted by molar-refractivity contribution is -0.115. The standard InChI is InChI=1S/C8H8N2O.C2H6/c1-5-2-7-6(4-9-5)3-8(11)10-7;1-2/h2,4H,3H2,1H3,(H,10,11);1-2H3. The molecule has 1 amide bonds. The molecular formula is C10H14N2O. The Balaban J connectivity index is 0.000000396. The van der Waals surface area contributed by atoms with Gasteiger partial charge in [-0.15, -0.1) is 0 Å². The Morgan fingerprint density at radius 1 is 1.46 bits per heavy atom. The minimum atomic E-state index is 0.0624. The number of hydrogen-bond acceptors (Lipinski definition) is 2. The van der Waals surface area contributed by atoms with Gasteiger partial charge < -0.3 is 5.32 Å². The summed E-state index contributed by atoms with van der Waals surface area (Å²) >= 11 is 0. The Labute approximate surface area is 78.2 Å². The van der Waals surface area contributed by atoms with Crippen LogP contribution in [-0.4, -0.2) is 10.9 Å². The van der Waals surface area contributed by atoms with E-state index >= 15 is 0 Å². The maximum Gasteiger partial charge on any atom is 0.228 e. The molecule has 1 aromatic rings. The molecule has 0 bridgehead atoms. The maximum atomic E-state index is 10.9. The van der Waals surface area contributed by atoms with Crippen molar-refractivity contribution in [3.05, 3.63) is 23.5 Å². The Hall–Kier alpha value is -1.38. The molecule has 0 unspecified atom stereocenters. The van der Waals surface area contributed by atoms with Gasteiger partial charge in [0.15, 0.2) is 0 Å². The lowest BCUT2D eigenvalue weighted by Crippen LogP contribution is -2.03. The highest BCUT2D eigenvalue weighted by molar-refractivity contribution is 5.98. The fourth-order valence-electron chi connectivity index (χ4n) is 1.21. The van der Waals surface area contributed by atoms with Crippen LogP contribution in [0.1, 0.15) is 25.1 Å². The number of anilines is 1. The number of nitrogens with zero attached hydrogens (tertiary/aromatic N) is 1. The van der Waals surface area contributed by atoms with E-state index in [4.69, 9.17) is 0 Å². The van der Waals surface area contributed by atoms with Crippen LogP contribution in [0.2, 0.25) is 0 Å². The van der Waals surface area contributed by atoms with Gasteiger partial charge in [-0.05, 0) is 13.0 Å². The molecule has 0 aliphatic carbocycles. The summed E-state index contributed by atoms with van der Waals surface area (Å²) < 4.78 is 0. The minimum Gasteiger partial charge on any atom is -0.325 e. The average Bonchev–Trinajstić information content (AvgIpc) is 2.48. The van der Waals surface area contributed by atoms with Crippen molar-refractivity contribution in [1.29, 1.82) is 0 Å². The number of aryl methyl sites for hydroxylation is 1. The number of hydrogen-bond donors (Lipinski definition) is 1. The van der Waals surface area contributed by atoms with Gasteiger partial charge in [0.05, 0.1) is 6.42 Å². The van der Waals surface area contributed by atoms with Crippen molar-refractivity contribution in [3.63, 3.8) is 0 Å². The second-order valence-corrected chi connectivity index (χ2v) is 2.71. The molecule has 0 radical (unpaired) electrons. The second-order valence-electron chi connectivity index (χ2n) is 2.71. The quantitative estimate of drug-likeness (QED) is 0.659. The molecule has 1 aliphatic rings. The lowest BCUT2D eigenvalue weighted by Gasteiger charge is -1.97. The van der Waals surface area contributed by atoms with Crippen LogP contribution in [0.15, 0.2) is 12.3 Å². The molecule has 0 saturated carbocycles. The third-order valence-electron chi connectivity index (χ3n) is 1.75. The lowest BCUT2D eigenvalue weighted by atomic mass is 10.2. The van der Waals surface area contributed by atoms with E-state index in [9.17, 15) is 4.79 Å². The summed E-state index contributed by atoms with van der Waals surface area (Å²) in [6, 6.07) is 1.89. The molecule has 3 nitrogen and oxygen atoms in total. The zero-order valence-electron chi connectivity index (χ0n) is 8.22. The van der Waals surface area contributed by atoms with Crippen LogP contribution in [0.3, 0.4) is 0 Å². The van der Waals surface area contributed by atoms with Gasteiger partial charge in [-0.2, -0.15) is 0 Å². The van der Waals surface area contributed by atoms with Crippen LogP contribution < -0.4 is 5.32 Å². The van der Waals surface area contributed by atoms with Gasteiger partial charge in [0.1, 0.15) is 0 Å². The summed E-state index contributed by atoms with van der Waals surface area (Å²) in [5, 5.41) is 2.76. The van der Waals surface area contributed by atoms with E-state index < -0.39 is 0 Å². The largest absolute Gasteiger partial charge is 0.325 e. The summed E-state index contributed by atoms with van der Waals surface area (Å²) in [5.74, 6) is 0.0624. The number of amides is 1. The summed E-state index contributed by atoms with van der Waals surface area (Å²) in [7, 11) is 0. The molecule has 13 heavy (non-hydrogen) atoms. The third-order valence-corrected chi connectivity index (χ3v) is 1.75. The van der Waals surface area contributed by atoms with Gasteiger partial charge in [-0.1, -0.05) is 13.8 Å². The van der Waals surface area contributed by atoms with Crippen LogP contribution in [-0.2, 0) is 11.2 Å². The van der Waals surface area contributed by atoms with Crippen molar-refractivity contribution >= 4 is 11.6 Å². The van der Waals surface area contributed by atoms with Gasteiger partial charge >= 0.3 is 0 Å². The first-order valence-electron chi connectivity index (χ1n) is 4.51. The van der Waals surface area contributed by atoms with E-state index in [1.54, 1.807) is 6.20 Å². The summed E-state index contributed by atoms with van der Waals surface area (Å²) in [6.07, 6.45) is 2.23. The first-order valence-corrected chi connectivity index (χ1v) is 4.51. The highest BCUT2D eigenvalue weighted by atomic mass is 16.1. The molecule has 1 aliphatic heterocycles. The van der Waals surface area contributed by atoms with E-state index in [1.807, 2.05) is 26.8 Å². The smallest absolute Gasteiger partial charge is 0.228 e. The molecule has 0 atom stereocenters. The van der Waals surface area contributed by atoms with Crippen molar-refractivity contribution in [2.24, 2.45) is 0 Å². The number of pyridine rings is 1. The van der Waals surface area contributed by atoms with Crippen LogP contribution in [0.5, 0.6) is 0 Å². The van der Waals surface area contributed by atoms with Gasteiger partial charge in [0.2, 0.25) is 5.91 Å². The van der Waals surface area contributed by atoms with Gasteiger partial charge in [-0.25, -0.2) is 0 Å². The average molecular weight is 178 g/mol. The van der Waals surface area contributed by atoms with E-state index in [0.717, 1.165) is 16.9 Å². The Bertz CT molecular complexity index is 321. The molecule has 2 rings (SSSR count). The van der Waals surface area contributed by atoms with Crippen LogP contribution >= 0.6 is 0 Å². The first kappa shape index (κ1) is 9.71. The van der Waals surface area contributed by atoms with E-state index in [-0.39, 0.29) is 5.91 Å². The Morgan fingerprint density at radius 3 is 2.85 bits per heavy atom. The van der Waals surface area contributed by atoms with Gasteiger partial charge in [0, 0.05) is 23.1 Å². The Kier molecular flexibility index (Phi) is 3.01. The first-order chi connectivity index (χ1) is 6.25. The van der Waals surface area contributed by atoms with Crippen molar-refractivity contribution in [2.75, 3.05) is 5.32 Å². The molecule has 0 saturated heterocycles. The number of carbonyl (C=O) groups is 1. The summed E-state index contributed by atoms with van der Waals surface area (Å²) in [6.45, 7) is 5.91. The summed E-state index contributed by atoms with van der Waals surface area (Å²) in [5.41, 5.74) is 2.86. The summed E-state index contributed by atoms with van der Waals surface area (Å²) in [4.78, 5) is 15.0. The zero-order chi connectivity index (χ0) is 9.84. The normalized spacial score (nSPS) is 12.7. The van der Waals surface area contributed by atoms with Crippen molar-refractivity contribution in [1.82, 2.24) is 4.98 Å². The fourth-order valence-corrected chi connectivity index (χ4v) is 1.21. The van der Waals surface area contributed by atoms with Crippen LogP contribution in [0.25, 0.3) is 0 Å². The highest BCUT2D eigenvalue weighted by Gasteiger charge is 2.16. The molecule has 3 heteroatoms. The topological polar surface area (TPSA) is 42.0 Å². The molecule has 0 aromatic carbocycles.